The summed E-state index contributed by atoms with van der Waals surface area (Å²) in [7, 11) is -0.340. The summed E-state index contributed by atoms with van der Waals surface area (Å²) in [6, 6.07) is 14.7. The third kappa shape index (κ3) is 10.6. The van der Waals surface area contributed by atoms with E-state index in [9.17, 15) is 13.2 Å². The number of hydrogen-bond donors (Lipinski definition) is 2. The van der Waals surface area contributed by atoms with Crippen molar-refractivity contribution in [2.75, 3.05) is 39.6 Å². The van der Waals surface area contributed by atoms with E-state index in [4.69, 9.17) is 19.9 Å². The van der Waals surface area contributed by atoms with Gasteiger partial charge in [0.25, 0.3) is 0 Å². The second-order valence-electron chi connectivity index (χ2n) is 9.20. The molecule has 10 heteroatoms. The van der Waals surface area contributed by atoms with Gasteiger partial charge in [-0.25, -0.2) is 12.7 Å². The minimum Gasteiger partial charge on any atom is -0.497 e. The fourth-order valence-electron chi connectivity index (χ4n) is 4.08. The molecule has 2 aromatic rings. The molecule has 0 amide bonds. The van der Waals surface area contributed by atoms with Crippen molar-refractivity contribution in [2.24, 2.45) is 5.73 Å². The largest absolute Gasteiger partial charge is 0.497 e. The van der Waals surface area contributed by atoms with Gasteiger partial charge in [0.05, 0.1) is 26.4 Å². The standard InChI is InChI=1S/C28H43N3O6S/c1-5-14-31(15-6-2)38(33,34)16-13-28(32)37-27(21-30-20-23-10-8-12-25(18-23)36-4)26(29)19-22-9-7-11-24(17-22)35-3/h7-12,17-18,26-27,30H,5-6,13-16,19-21,29H2,1-4H3/t26-,27+/m0/s1. The number of nitrogens with two attached hydrogens (primary N) is 1. The highest BCUT2D eigenvalue weighted by molar-refractivity contribution is 7.89. The van der Waals surface area contributed by atoms with E-state index in [0.29, 0.717) is 51.2 Å². The maximum Gasteiger partial charge on any atom is 0.307 e. The first kappa shape index (κ1) is 31.6. The third-order valence-electron chi connectivity index (χ3n) is 6.08. The molecule has 0 unspecified atom stereocenters. The molecule has 0 heterocycles. The van der Waals surface area contributed by atoms with Gasteiger partial charge >= 0.3 is 5.97 Å². The first-order valence-electron chi connectivity index (χ1n) is 13.1. The Bertz CT molecular complexity index is 1090. The number of carbonyl (C=O) groups is 1. The molecule has 0 saturated carbocycles. The van der Waals surface area contributed by atoms with Gasteiger partial charge in [0.15, 0.2) is 0 Å². The van der Waals surface area contributed by atoms with E-state index in [1.54, 1.807) is 14.2 Å². The first-order chi connectivity index (χ1) is 18.2. The van der Waals surface area contributed by atoms with Crippen LogP contribution in [0.5, 0.6) is 11.5 Å². The molecule has 0 aliphatic carbocycles. The number of rotatable bonds is 18. The van der Waals surface area contributed by atoms with Crippen LogP contribution in [0.2, 0.25) is 0 Å². The molecule has 2 aromatic carbocycles. The predicted octanol–water partition coefficient (Wildman–Crippen LogP) is 3.12. The molecule has 9 nitrogen and oxygen atoms in total. The van der Waals surface area contributed by atoms with Gasteiger partial charge < -0.3 is 25.3 Å². The monoisotopic (exact) mass is 549 g/mol. The van der Waals surface area contributed by atoms with E-state index < -0.39 is 28.1 Å². The fourth-order valence-corrected chi connectivity index (χ4v) is 5.69. The molecule has 0 spiro atoms. The molecular weight excluding hydrogens is 506 g/mol. The lowest BCUT2D eigenvalue weighted by atomic mass is 10.0. The van der Waals surface area contributed by atoms with Crippen molar-refractivity contribution in [3.05, 3.63) is 59.7 Å². The maximum absolute atomic E-state index is 12.8. The number of ether oxygens (including phenoxy) is 3. The molecule has 212 valence electrons. The Balaban J connectivity index is 2.06. The summed E-state index contributed by atoms with van der Waals surface area (Å²) in [5.74, 6) is 0.591. The Morgan fingerprint density at radius 1 is 0.974 bits per heavy atom. The SMILES string of the molecule is CCCN(CCC)S(=O)(=O)CCC(=O)O[C@H](CNCc1cccc(OC)c1)[C@@H](N)Cc1cccc(OC)c1. The Morgan fingerprint density at radius 2 is 1.55 bits per heavy atom. The van der Waals surface area contributed by atoms with E-state index >= 15 is 0 Å². The van der Waals surface area contributed by atoms with E-state index in [2.05, 4.69) is 5.32 Å². The minimum atomic E-state index is -3.55. The van der Waals surface area contributed by atoms with Crippen LogP contribution in [0, 0.1) is 0 Å². The number of benzene rings is 2. The summed E-state index contributed by atoms with van der Waals surface area (Å²) in [5.41, 5.74) is 8.48. The predicted molar refractivity (Wildman–Crippen MR) is 150 cm³/mol. The van der Waals surface area contributed by atoms with Crippen LogP contribution >= 0.6 is 0 Å². The molecular formula is C28H43N3O6S. The number of hydrogen-bond acceptors (Lipinski definition) is 8. The van der Waals surface area contributed by atoms with Gasteiger partial charge in [-0.15, -0.1) is 0 Å². The second kappa shape index (κ2) is 16.3. The highest BCUT2D eigenvalue weighted by Gasteiger charge is 2.26. The molecule has 2 atom stereocenters. The van der Waals surface area contributed by atoms with E-state index in [-0.39, 0.29) is 12.2 Å². The summed E-state index contributed by atoms with van der Waals surface area (Å²) >= 11 is 0. The molecule has 0 saturated heterocycles. The number of nitrogens with zero attached hydrogens (tertiary/aromatic N) is 1. The van der Waals surface area contributed by atoms with Crippen LogP contribution in [-0.2, 0) is 32.5 Å². The highest BCUT2D eigenvalue weighted by Crippen LogP contribution is 2.16. The average molecular weight is 550 g/mol. The quantitative estimate of drug-likeness (QED) is 0.272. The molecule has 0 aliphatic rings. The van der Waals surface area contributed by atoms with Gasteiger partial charge in [-0.1, -0.05) is 38.1 Å². The fraction of sp³-hybridized carbons (Fsp3) is 0.536. The Morgan fingerprint density at radius 3 is 2.13 bits per heavy atom. The maximum atomic E-state index is 12.8. The van der Waals surface area contributed by atoms with Crippen LogP contribution in [0.3, 0.4) is 0 Å². The Hall–Kier alpha value is -2.66. The van der Waals surface area contributed by atoms with Crippen molar-refractivity contribution in [3.8, 4) is 11.5 Å². The summed E-state index contributed by atoms with van der Waals surface area (Å²) in [4.78, 5) is 12.8. The molecule has 3 N–H and O–H groups in total. The Labute approximate surface area is 227 Å². The molecule has 2 rings (SSSR count). The summed E-state index contributed by atoms with van der Waals surface area (Å²) in [6.45, 7) is 5.56. The third-order valence-corrected chi connectivity index (χ3v) is 7.95. The lowest BCUT2D eigenvalue weighted by molar-refractivity contribution is -0.149. The summed E-state index contributed by atoms with van der Waals surface area (Å²) in [6.07, 6.45) is 0.983. The smallest absolute Gasteiger partial charge is 0.307 e. The zero-order chi connectivity index (χ0) is 28.0. The van der Waals surface area contributed by atoms with Crippen LogP contribution in [-0.4, -0.2) is 70.4 Å². The Kier molecular flexibility index (Phi) is 13.6. The summed E-state index contributed by atoms with van der Waals surface area (Å²) < 4.78 is 43.3. The lowest BCUT2D eigenvalue weighted by Gasteiger charge is -2.25. The number of sulfonamides is 1. The number of esters is 1. The second-order valence-corrected chi connectivity index (χ2v) is 11.3. The van der Waals surface area contributed by atoms with Crippen LogP contribution in [0.15, 0.2) is 48.5 Å². The van der Waals surface area contributed by atoms with Gasteiger partial charge in [-0.3, -0.25) is 4.79 Å². The molecule has 0 radical (unpaired) electrons. The van der Waals surface area contributed by atoms with Crippen molar-refractivity contribution in [2.45, 2.75) is 58.2 Å². The molecule has 0 fully saturated rings. The molecule has 38 heavy (non-hydrogen) atoms. The van der Waals surface area contributed by atoms with E-state index in [1.165, 1.54) is 4.31 Å². The van der Waals surface area contributed by atoms with E-state index in [0.717, 1.165) is 16.9 Å². The normalized spacial score (nSPS) is 13.2. The zero-order valence-electron chi connectivity index (χ0n) is 23.0. The van der Waals surface area contributed by atoms with Crippen LogP contribution < -0.4 is 20.5 Å². The molecule has 0 bridgehead atoms. The van der Waals surface area contributed by atoms with Crippen LogP contribution in [0.25, 0.3) is 0 Å². The van der Waals surface area contributed by atoms with Crippen molar-refractivity contribution in [1.29, 1.82) is 0 Å². The summed E-state index contributed by atoms with van der Waals surface area (Å²) in [5, 5.41) is 3.31. The van der Waals surface area contributed by atoms with E-state index in [1.807, 2.05) is 62.4 Å². The highest BCUT2D eigenvalue weighted by atomic mass is 32.2. The van der Waals surface area contributed by atoms with Gasteiger partial charge in [-0.2, -0.15) is 0 Å². The van der Waals surface area contributed by atoms with Gasteiger partial charge in [0.2, 0.25) is 10.0 Å². The van der Waals surface area contributed by atoms with Crippen LogP contribution in [0.4, 0.5) is 0 Å². The van der Waals surface area contributed by atoms with Gasteiger partial charge in [0, 0.05) is 32.2 Å². The van der Waals surface area contributed by atoms with Crippen LogP contribution in [0.1, 0.15) is 44.2 Å². The van der Waals surface area contributed by atoms with Crippen molar-refractivity contribution >= 4 is 16.0 Å². The van der Waals surface area contributed by atoms with Gasteiger partial charge in [-0.05, 0) is 54.7 Å². The first-order valence-corrected chi connectivity index (χ1v) is 14.7. The average Bonchev–Trinajstić information content (AvgIpc) is 2.91. The minimum absolute atomic E-state index is 0.232. The van der Waals surface area contributed by atoms with Gasteiger partial charge in [0.1, 0.15) is 17.6 Å². The zero-order valence-corrected chi connectivity index (χ0v) is 23.8. The number of nitrogens with one attached hydrogen (secondary N) is 1. The van der Waals surface area contributed by atoms with Crippen molar-refractivity contribution < 1.29 is 27.4 Å². The van der Waals surface area contributed by atoms with Crippen molar-refractivity contribution in [1.82, 2.24) is 9.62 Å². The molecule has 0 aromatic heterocycles. The number of carbonyl (C=O) groups excluding carboxylic acids is 1. The lowest BCUT2D eigenvalue weighted by Crippen LogP contribution is -2.46. The van der Waals surface area contributed by atoms with Crippen molar-refractivity contribution in [3.63, 3.8) is 0 Å². The molecule has 0 aliphatic heterocycles. The topological polar surface area (TPSA) is 120 Å². The number of methoxy groups -OCH3 is 2.